The molecule has 6 heteroatoms. The van der Waals surface area contributed by atoms with Crippen LogP contribution < -0.4 is 10.5 Å². The van der Waals surface area contributed by atoms with Crippen LogP contribution in [0.25, 0.3) is 0 Å². The Bertz CT molecular complexity index is 647. The van der Waals surface area contributed by atoms with Crippen LogP contribution in [0.4, 0.5) is 5.69 Å². The number of nitro groups is 1. The van der Waals surface area contributed by atoms with Gasteiger partial charge < -0.3 is 10.5 Å². The van der Waals surface area contributed by atoms with E-state index in [1.54, 1.807) is 18.2 Å². The molecule has 0 saturated heterocycles. The van der Waals surface area contributed by atoms with Crippen LogP contribution in [-0.4, -0.2) is 11.5 Å². The Morgan fingerprint density at radius 3 is 2.67 bits per heavy atom. The van der Waals surface area contributed by atoms with Crippen LogP contribution >= 0.6 is 15.9 Å². The molecule has 0 unspecified atom stereocenters. The Kier molecular flexibility index (Phi) is 5.30. The molecule has 2 aromatic carbocycles. The molecular weight excluding hydrogens is 336 g/mol. The van der Waals surface area contributed by atoms with Crippen LogP contribution in [0.3, 0.4) is 0 Å². The van der Waals surface area contributed by atoms with Crippen LogP contribution in [0, 0.1) is 10.1 Å². The van der Waals surface area contributed by atoms with Gasteiger partial charge in [-0.1, -0.05) is 28.1 Å². The third-order valence-corrected chi connectivity index (χ3v) is 3.50. The van der Waals surface area contributed by atoms with E-state index in [1.165, 1.54) is 6.07 Å². The van der Waals surface area contributed by atoms with E-state index in [1.807, 2.05) is 18.2 Å². The molecule has 2 N–H and O–H groups in total. The topological polar surface area (TPSA) is 78.4 Å². The Morgan fingerprint density at radius 1 is 1.19 bits per heavy atom. The summed E-state index contributed by atoms with van der Waals surface area (Å²) in [4.78, 5) is 10.6. The Balaban J connectivity index is 2.19. The number of benzene rings is 2. The summed E-state index contributed by atoms with van der Waals surface area (Å²) in [5.41, 5.74) is 7.18. The highest BCUT2D eigenvalue weighted by atomic mass is 79.9. The molecule has 0 aliphatic heterocycles. The van der Waals surface area contributed by atoms with Gasteiger partial charge in [0.15, 0.2) is 0 Å². The molecule has 0 amide bonds. The zero-order chi connectivity index (χ0) is 15.2. The van der Waals surface area contributed by atoms with Gasteiger partial charge in [0.1, 0.15) is 12.4 Å². The quantitative estimate of drug-likeness (QED) is 0.639. The Labute approximate surface area is 131 Å². The molecule has 110 valence electrons. The van der Waals surface area contributed by atoms with Crippen molar-refractivity contribution in [1.29, 1.82) is 0 Å². The minimum absolute atomic E-state index is 0.0648. The van der Waals surface area contributed by atoms with Crippen molar-refractivity contribution in [2.75, 3.05) is 6.54 Å². The van der Waals surface area contributed by atoms with E-state index in [0.29, 0.717) is 24.3 Å². The average Bonchev–Trinajstić information content (AvgIpc) is 2.47. The summed E-state index contributed by atoms with van der Waals surface area (Å²) < 4.78 is 6.69. The highest BCUT2D eigenvalue weighted by Gasteiger charge is 2.13. The van der Waals surface area contributed by atoms with Gasteiger partial charge in [0.05, 0.1) is 10.5 Å². The summed E-state index contributed by atoms with van der Waals surface area (Å²) in [5, 5.41) is 11.0. The molecule has 0 heterocycles. The minimum Gasteiger partial charge on any atom is -0.488 e. The third kappa shape index (κ3) is 4.03. The van der Waals surface area contributed by atoms with Crippen molar-refractivity contribution < 1.29 is 9.66 Å². The number of rotatable bonds is 6. The van der Waals surface area contributed by atoms with Crippen molar-refractivity contribution >= 4 is 21.6 Å². The van der Waals surface area contributed by atoms with Crippen molar-refractivity contribution in [3.63, 3.8) is 0 Å². The predicted molar refractivity (Wildman–Crippen MR) is 84.3 cm³/mol. The number of hydrogen-bond acceptors (Lipinski definition) is 4. The molecule has 0 spiro atoms. The van der Waals surface area contributed by atoms with Gasteiger partial charge in [-0.25, -0.2) is 0 Å². The molecule has 0 radical (unpaired) electrons. The molecule has 0 saturated carbocycles. The first kappa shape index (κ1) is 15.5. The number of ether oxygens (including phenoxy) is 1. The highest BCUT2D eigenvalue weighted by molar-refractivity contribution is 9.10. The maximum Gasteiger partial charge on any atom is 0.276 e. The van der Waals surface area contributed by atoms with Gasteiger partial charge in [0.25, 0.3) is 5.69 Å². The highest BCUT2D eigenvalue weighted by Crippen LogP contribution is 2.26. The molecule has 0 fully saturated rings. The number of nitrogens with zero attached hydrogens (tertiary/aromatic N) is 1. The average molecular weight is 351 g/mol. The largest absolute Gasteiger partial charge is 0.488 e. The van der Waals surface area contributed by atoms with E-state index >= 15 is 0 Å². The van der Waals surface area contributed by atoms with Crippen LogP contribution in [0.2, 0.25) is 0 Å². The van der Waals surface area contributed by atoms with Gasteiger partial charge in [-0.05, 0) is 42.8 Å². The second-order valence-electron chi connectivity index (χ2n) is 4.47. The number of nitrogens with two attached hydrogens (primary N) is 1. The van der Waals surface area contributed by atoms with Gasteiger partial charge in [-0.2, -0.15) is 0 Å². The van der Waals surface area contributed by atoms with E-state index in [2.05, 4.69) is 15.9 Å². The molecular formula is C15H15BrN2O3. The fourth-order valence-corrected chi connectivity index (χ4v) is 2.41. The number of para-hydroxylation sites is 1. The van der Waals surface area contributed by atoms with E-state index in [9.17, 15) is 10.1 Å². The zero-order valence-electron chi connectivity index (χ0n) is 11.3. The lowest BCUT2D eigenvalue weighted by Gasteiger charge is -2.11. The van der Waals surface area contributed by atoms with Gasteiger partial charge in [0.2, 0.25) is 0 Å². The molecule has 21 heavy (non-hydrogen) atoms. The zero-order valence-corrected chi connectivity index (χ0v) is 12.9. The van der Waals surface area contributed by atoms with Gasteiger partial charge in [0, 0.05) is 10.5 Å². The first-order valence-corrected chi connectivity index (χ1v) is 7.24. The SMILES string of the molecule is NCCc1cc(Br)ccc1OCc1ccccc1[N+](=O)[O-]. The van der Waals surface area contributed by atoms with Crippen molar-refractivity contribution in [1.82, 2.24) is 0 Å². The minimum atomic E-state index is -0.402. The summed E-state index contributed by atoms with van der Waals surface area (Å²) in [6.07, 6.45) is 0.686. The fraction of sp³-hybridized carbons (Fsp3) is 0.200. The van der Waals surface area contributed by atoms with Crippen LogP contribution in [0.5, 0.6) is 5.75 Å². The lowest BCUT2D eigenvalue weighted by atomic mass is 10.1. The molecule has 0 aliphatic rings. The van der Waals surface area contributed by atoms with Gasteiger partial charge in [-0.15, -0.1) is 0 Å². The summed E-state index contributed by atoms with van der Waals surface area (Å²) in [6, 6.07) is 12.2. The molecule has 0 bridgehead atoms. The maximum absolute atomic E-state index is 11.0. The third-order valence-electron chi connectivity index (χ3n) is 3.01. The van der Waals surface area contributed by atoms with Crippen molar-refractivity contribution in [2.45, 2.75) is 13.0 Å². The smallest absolute Gasteiger partial charge is 0.276 e. The molecule has 2 aromatic rings. The van der Waals surface area contributed by atoms with Crippen molar-refractivity contribution in [2.24, 2.45) is 5.73 Å². The van der Waals surface area contributed by atoms with E-state index in [4.69, 9.17) is 10.5 Å². The fourth-order valence-electron chi connectivity index (χ4n) is 2.01. The molecule has 0 atom stereocenters. The standard InChI is InChI=1S/C15H15BrN2O3/c16-13-5-6-15(11(9-13)7-8-17)21-10-12-3-1-2-4-14(12)18(19)20/h1-6,9H,7-8,10,17H2. The lowest BCUT2D eigenvalue weighted by Crippen LogP contribution is -2.06. The Morgan fingerprint density at radius 2 is 1.95 bits per heavy atom. The second kappa shape index (κ2) is 7.19. The van der Waals surface area contributed by atoms with Gasteiger partial charge in [-0.3, -0.25) is 10.1 Å². The predicted octanol–water partition coefficient (Wildman–Crippen LogP) is 3.44. The normalized spacial score (nSPS) is 10.4. The first-order valence-electron chi connectivity index (χ1n) is 6.45. The first-order chi connectivity index (χ1) is 10.1. The molecule has 2 rings (SSSR count). The number of halogens is 1. The van der Waals surface area contributed by atoms with Crippen molar-refractivity contribution in [3.05, 3.63) is 68.2 Å². The monoisotopic (exact) mass is 350 g/mol. The summed E-state index contributed by atoms with van der Waals surface area (Å²) in [7, 11) is 0. The van der Waals surface area contributed by atoms with Gasteiger partial charge >= 0.3 is 0 Å². The number of hydrogen-bond donors (Lipinski definition) is 1. The van der Waals surface area contributed by atoms with Crippen LogP contribution in [0.15, 0.2) is 46.9 Å². The summed E-state index contributed by atoms with van der Waals surface area (Å²) in [5.74, 6) is 0.696. The van der Waals surface area contributed by atoms with E-state index in [0.717, 1.165) is 10.0 Å². The summed E-state index contributed by atoms with van der Waals surface area (Å²) >= 11 is 3.41. The molecule has 5 nitrogen and oxygen atoms in total. The lowest BCUT2D eigenvalue weighted by molar-refractivity contribution is -0.385. The van der Waals surface area contributed by atoms with E-state index < -0.39 is 4.92 Å². The van der Waals surface area contributed by atoms with Crippen LogP contribution in [-0.2, 0) is 13.0 Å². The molecule has 0 aliphatic carbocycles. The van der Waals surface area contributed by atoms with Crippen LogP contribution in [0.1, 0.15) is 11.1 Å². The summed E-state index contributed by atoms with van der Waals surface area (Å²) in [6.45, 7) is 0.661. The molecule has 0 aromatic heterocycles. The number of nitro benzene ring substituents is 1. The van der Waals surface area contributed by atoms with Crippen molar-refractivity contribution in [3.8, 4) is 5.75 Å². The van der Waals surface area contributed by atoms with E-state index in [-0.39, 0.29) is 12.3 Å². The maximum atomic E-state index is 11.0. The second-order valence-corrected chi connectivity index (χ2v) is 5.38. The Hall–Kier alpha value is -1.92.